The van der Waals surface area contributed by atoms with Gasteiger partial charge in [-0.15, -0.1) is 0 Å². The number of halogens is 21. The minimum atomic E-state index is -9.23. The largest absolute Gasteiger partial charge is 0.460 e. The third kappa shape index (κ3) is 4.56. The smallest absolute Gasteiger partial charge is 0.392 e. The number of alkyl halides is 21. The highest BCUT2D eigenvalue weighted by atomic mass is 19.4. The lowest BCUT2D eigenvalue weighted by molar-refractivity contribution is -0.473. The second-order valence-corrected chi connectivity index (χ2v) is 6.83. The van der Waals surface area contributed by atoms with Crippen LogP contribution in [0, 0.1) is 0 Å². The van der Waals surface area contributed by atoms with Crippen LogP contribution in [-0.2, 0) is 0 Å². The Morgan fingerprint density at radius 2 is 0.595 bits per heavy atom. The molecule has 0 aliphatic rings. The summed E-state index contributed by atoms with van der Waals surface area (Å²) in [5, 5.41) is 16.8. The Labute approximate surface area is 188 Å². The molecule has 0 amide bonds. The van der Waals surface area contributed by atoms with Crippen molar-refractivity contribution in [3.63, 3.8) is 0 Å². The minimum Gasteiger partial charge on any atom is -0.392 e. The SMILES string of the molecule is OCC(=CC(F)(F)C(F)(F)C(F)(F)C(F)(F)C(F)(F)C(F)(F)C(F)(F)C(F)(F)C(F)(F)C(F)(F)F)CO. The Morgan fingerprint density at radius 1 is 0.378 bits per heavy atom. The van der Waals surface area contributed by atoms with Crippen LogP contribution in [0.25, 0.3) is 0 Å². The summed E-state index contributed by atoms with van der Waals surface area (Å²) in [5.41, 5.74) is -1.86. The summed E-state index contributed by atoms with van der Waals surface area (Å²) < 4.78 is 276. The van der Waals surface area contributed by atoms with E-state index in [1.807, 2.05) is 0 Å². The molecule has 0 saturated carbocycles. The highest BCUT2D eigenvalue weighted by Crippen LogP contribution is 2.66. The van der Waals surface area contributed by atoms with Crippen LogP contribution >= 0.6 is 0 Å². The van der Waals surface area contributed by atoms with Crippen molar-refractivity contribution in [2.45, 2.75) is 59.5 Å². The van der Waals surface area contributed by atoms with Crippen molar-refractivity contribution >= 4 is 0 Å². The van der Waals surface area contributed by atoms with E-state index in [1.54, 1.807) is 0 Å². The van der Waals surface area contributed by atoms with Crippen molar-refractivity contribution in [1.29, 1.82) is 0 Å². The zero-order valence-electron chi connectivity index (χ0n) is 16.3. The number of aliphatic hydroxyl groups excluding tert-OH is 2. The van der Waals surface area contributed by atoms with Crippen LogP contribution in [0.4, 0.5) is 92.2 Å². The first-order valence-electron chi connectivity index (χ1n) is 8.14. The lowest BCUT2D eigenvalue weighted by atomic mass is 9.86. The Bertz CT molecular complexity index is 846. The zero-order valence-corrected chi connectivity index (χ0v) is 16.3. The summed E-state index contributed by atoms with van der Waals surface area (Å²) in [7, 11) is 0. The van der Waals surface area contributed by atoms with Gasteiger partial charge in [0, 0.05) is 0 Å². The van der Waals surface area contributed by atoms with Gasteiger partial charge in [-0.3, -0.25) is 0 Å². The molecule has 2 nitrogen and oxygen atoms in total. The van der Waals surface area contributed by atoms with Crippen molar-refractivity contribution < 1.29 is 102 Å². The maximum Gasteiger partial charge on any atom is 0.460 e. The molecule has 0 aliphatic heterocycles. The average Bonchev–Trinajstić information content (AvgIpc) is 2.69. The number of aliphatic hydroxyl groups is 2. The van der Waals surface area contributed by atoms with Crippen molar-refractivity contribution in [3.8, 4) is 0 Å². The molecule has 0 atom stereocenters. The van der Waals surface area contributed by atoms with Crippen LogP contribution < -0.4 is 0 Å². The summed E-state index contributed by atoms with van der Waals surface area (Å²) in [6.07, 6.45) is -9.74. The topological polar surface area (TPSA) is 40.5 Å². The quantitative estimate of drug-likeness (QED) is 0.218. The van der Waals surface area contributed by atoms with Gasteiger partial charge in [0.2, 0.25) is 0 Å². The fraction of sp³-hybridized carbons (Fsp3) is 0.857. The van der Waals surface area contributed by atoms with Crippen LogP contribution in [0.1, 0.15) is 0 Å². The maximum absolute atomic E-state index is 13.6. The van der Waals surface area contributed by atoms with Gasteiger partial charge in [0.05, 0.1) is 13.2 Å². The number of hydrogen-bond acceptors (Lipinski definition) is 2. The van der Waals surface area contributed by atoms with Gasteiger partial charge in [-0.2, -0.15) is 92.2 Å². The first kappa shape index (κ1) is 35.2. The molecule has 0 aromatic heterocycles. The molecule has 0 saturated heterocycles. The summed E-state index contributed by atoms with van der Waals surface area (Å²) >= 11 is 0. The third-order valence-electron chi connectivity index (χ3n) is 4.33. The Morgan fingerprint density at radius 3 is 0.811 bits per heavy atom. The Kier molecular flexibility index (Phi) is 8.69. The normalized spacial score (nSPS) is 16.2. The lowest BCUT2D eigenvalue weighted by Gasteiger charge is -2.44. The van der Waals surface area contributed by atoms with Crippen LogP contribution in [0.15, 0.2) is 11.6 Å². The molecular formula is C14H7F21O2. The van der Waals surface area contributed by atoms with Gasteiger partial charge in [-0.25, -0.2) is 0 Å². The average molecular weight is 606 g/mol. The molecule has 0 radical (unpaired) electrons. The van der Waals surface area contributed by atoms with Crippen LogP contribution in [0.3, 0.4) is 0 Å². The standard InChI is InChI=1S/C14H7F21O2/c15-5(16,1-4(2-36)3-37)6(17,18)7(19,20)8(21,22)9(23,24)10(25,26)11(27,28)12(29,30)13(31,32)14(33,34)35/h1,36-37H,2-3H2. The van der Waals surface area contributed by atoms with E-state index < -0.39 is 84.3 Å². The molecule has 0 heterocycles. The second kappa shape index (κ2) is 9.14. The molecule has 0 spiro atoms. The highest BCUT2D eigenvalue weighted by Gasteiger charge is 2.97. The fourth-order valence-electron chi connectivity index (χ4n) is 2.06. The Hall–Kier alpha value is -1.81. The van der Waals surface area contributed by atoms with Crippen molar-refractivity contribution in [1.82, 2.24) is 0 Å². The van der Waals surface area contributed by atoms with Gasteiger partial charge in [0.25, 0.3) is 0 Å². The first-order valence-corrected chi connectivity index (χ1v) is 8.14. The number of rotatable bonds is 11. The Balaban J connectivity index is 7.13. The van der Waals surface area contributed by atoms with Crippen molar-refractivity contribution in [2.24, 2.45) is 0 Å². The summed E-state index contributed by atoms with van der Waals surface area (Å²) in [6.45, 7) is -3.93. The van der Waals surface area contributed by atoms with E-state index in [2.05, 4.69) is 0 Å². The predicted octanol–water partition coefficient (Wildman–Crippen LogP) is 6.18. The maximum atomic E-state index is 13.6. The highest BCUT2D eigenvalue weighted by molar-refractivity contribution is 5.21. The molecular weight excluding hydrogens is 599 g/mol. The molecule has 0 aromatic rings. The monoisotopic (exact) mass is 606 g/mol. The zero-order chi connectivity index (χ0) is 30.7. The summed E-state index contributed by atoms with van der Waals surface area (Å²) in [6, 6.07) is 0. The fourth-order valence-corrected chi connectivity index (χ4v) is 2.06. The van der Waals surface area contributed by atoms with Crippen LogP contribution in [0.5, 0.6) is 0 Å². The second-order valence-electron chi connectivity index (χ2n) is 6.83. The van der Waals surface area contributed by atoms with E-state index >= 15 is 0 Å². The van der Waals surface area contributed by atoms with Gasteiger partial charge in [-0.05, 0) is 11.6 Å². The van der Waals surface area contributed by atoms with Gasteiger partial charge >= 0.3 is 59.5 Å². The summed E-state index contributed by atoms with van der Waals surface area (Å²) in [5.74, 6) is -77.9. The van der Waals surface area contributed by atoms with Gasteiger partial charge in [0.15, 0.2) is 0 Å². The molecule has 2 N–H and O–H groups in total. The van der Waals surface area contributed by atoms with E-state index in [9.17, 15) is 92.2 Å². The third-order valence-corrected chi connectivity index (χ3v) is 4.33. The molecule has 0 aliphatic carbocycles. The molecule has 0 unspecified atom stereocenters. The van der Waals surface area contributed by atoms with Gasteiger partial charge < -0.3 is 10.2 Å². The molecule has 0 fully saturated rings. The lowest BCUT2D eigenvalue weighted by Crippen LogP contribution is -2.76. The predicted molar refractivity (Wildman–Crippen MR) is 72.8 cm³/mol. The van der Waals surface area contributed by atoms with E-state index in [1.165, 1.54) is 0 Å². The number of allylic oxidation sites excluding steroid dienone is 1. The van der Waals surface area contributed by atoms with Crippen molar-refractivity contribution in [2.75, 3.05) is 13.2 Å². The first-order chi connectivity index (χ1) is 15.7. The molecule has 222 valence electrons. The van der Waals surface area contributed by atoms with E-state index in [0.29, 0.717) is 0 Å². The minimum absolute atomic E-state index is 1.71. The molecule has 0 rings (SSSR count). The van der Waals surface area contributed by atoms with E-state index in [4.69, 9.17) is 10.2 Å². The van der Waals surface area contributed by atoms with Gasteiger partial charge in [-0.1, -0.05) is 0 Å². The molecule has 23 heteroatoms. The molecule has 37 heavy (non-hydrogen) atoms. The number of hydrogen-bond donors (Lipinski definition) is 2. The van der Waals surface area contributed by atoms with Gasteiger partial charge in [0.1, 0.15) is 0 Å². The van der Waals surface area contributed by atoms with Crippen molar-refractivity contribution in [3.05, 3.63) is 11.6 Å². The molecule has 0 bridgehead atoms. The van der Waals surface area contributed by atoms with E-state index in [0.717, 1.165) is 0 Å². The van der Waals surface area contributed by atoms with E-state index in [-0.39, 0.29) is 0 Å². The summed E-state index contributed by atoms with van der Waals surface area (Å²) in [4.78, 5) is 0. The van der Waals surface area contributed by atoms with Crippen LogP contribution in [0.2, 0.25) is 0 Å². The molecule has 0 aromatic carbocycles. The van der Waals surface area contributed by atoms with Crippen LogP contribution in [-0.4, -0.2) is 82.9 Å².